The highest BCUT2D eigenvalue weighted by molar-refractivity contribution is 6.40. The largest absolute Gasteiger partial charge is 0.480 e. The highest BCUT2D eigenvalue weighted by Gasteiger charge is 2.48. The molecule has 7 nitrogen and oxygen atoms in total. The lowest BCUT2D eigenvalue weighted by atomic mass is 9.78. The summed E-state index contributed by atoms with van der Waals surface area (Å²) in [6.45, 7) is 2.26. The predicted molar refractivity (Wildman–Crippen MR) is 119 cm³/mol. The van der Waals surface area contributed by atoms with Crippen LogP contribution in [0, 0.1) is 5.92 Å². The Kier molecular flexibility index (Phi) is 7.50. The number of benzene rings is 2. The molecule has 0 aromatic heterocycles. The van der Waals surface area contributed by atoms with E-state index in [-0.39, 0.29) is 12.2 Å². The number of carboxylic acid groups (broad SMARTS) is 1. The molecule has 0 unspecified atom stereocenters. The standard InChI is InChI=1S/C22H30BN3O4/c24-22(21(27)28)16-26(15-19(22)7-4-12-23(29)30)14-13-25-20-10-8-18(9-11-20)17-5-2-1-3-6-17/h1-3,5-6,8-11,19,25,29-30H,4,7,12-16,24H2,(H,27,28)/t19-,22+/m0/s1. The van der Waals surface area contributed by atoms with Gasteiger partial charge in [0.1, 0.15) is 5.54 Å². The molecular weight excluding hydrogens is 381 g/mol. The van der Waals surface area contributed by atoms with Gasteiger partial charge in [-0.1, -0.05) is 48.9 Å². The van der Waals surface area contributed by atoms with Gasteiger partial charge in [0.2, 0.25) is 0 Å². The second-order valence-corrected chi connectivity index (χ2v) is 8.06. The van der Waals surface area contributed by atoms with Crippen LogP contribution in [0.25, 0.3) is 11.1 Å². The average molecular weight is 411 g/mol. The number of aliphatic carboxylic acids is 1. The first kappa shape index (κ1) is 22.3. The van der Waals surface area contributed by atoms with Crippen molar-refractivity contribution in [3.8, 4) is 11.1 Å². The molecule has 6 N–H and O–H groups in total. The van der Waals surface area contributed by atoms with Crippen LogP contribution in [0.15, 0.2) is 54.6 Å². The maximum absolute atomic E-state index is 11.8. The lowest BCUT2D eigenvalue weighted by Crippen LogP contribution is -2.54. The molecule has 0 radical (unpaired) electrons. The third-order valence-corrected chi connectivity index (χ3v) is 5.85. The van der Waals surface area contributed by atoms with Gasteiger partial charge in [-0.2, -0.15) is 0 Å². The van der Waals surface area contributed by atoms with Crippen molar-refractivity contribution < 1.29 is 19.9 Å². The normalized spacial score (nSPS) is 21.5. The number of anilines is 1. The fourth-order valence-corrected chi connectivity index (χ4v) is 4.12. The van der Waals surface area contributed by atoms with Gasteiger partial charge in [0, 0.05) is 37.8 Å². The van der Waals surface area contributed by atoms with Gasteiger partial charge in [-0.25, -0.2) is 0 Å². The van der Waals surface area contributed by atoms with Gasteiger partial charge in [-0.15, -0.1) is 0 Å². The zero-order valence-corrected chi connectivity index (χ0v) is 17.1. The fraction of sp³-hybridized carbons (Fsp3) is 0.409. The van der Waals surface area contributed by atoms with Crippen molar-refractivity contribution in [2.24, 2.45) is 11.7 Å². The molecule has 8 heteroatoms. The maximum atomic E-state index is 11.8. The lowest BCUT2D eigenvalue weighted by Gasteiger charge is -2.25. The number of carboxylic acids is 1. The first-order valence-electron chi connectivity index (χ1n) is 10.4. The molecule has 0 spiro atoms. The molecule has 1 heterocycles. The number of rotatable bonds is 10. The van der Waals surface area contributed by atoms with E-state index in [1.54, 1.807) is 0 Å². The number of nitrogens with zero attached hydrogens (tertiary/aromatic N) is 1. The van der Waals surface area contributed by atoms with E-state index in [1.807, 2.05) is 30.3 Å². The van der Waals surface area contributed by atoms with E-state index in [0.29, 0.717) is 39.0 Å². The molecule has 1 aliphatic rings. The van der Waals surface area contributed by atoms with Crippen LogP contribution in [-0.2, 0) is 4.79 Å². The summed E-state index contributed by atoms with van der Waals surface area (Å²) in [7, 11) is -1.36. The van der Waals surface area contributed by atoms with Crippen LogP contribution < -0.4 is 11.1 Å². The maximum Gasteiger partial charge on any atom is 0.451 e. The Labute approximate surface area is 177 Å². The summed E-state index contributed by atoms with van der Waals surface area (Å²) >= 11 is 0. The Hall–Kier alpha value is -2.39. The van der Waals surface area contributed by atoms with Crippen LogP contribution in [0.1, 0.15) is 12.8 Å². The van der Waals surface area contributed by atoms with E-state index in [2.05, 4.69) is 34.5 Å². The van der Waals surface area contributed by atoms with E-state index in [1.165, 1.54) is 5.56 Å². The van der Waals surface area contributed by atoms with Crippen molar-refractivity contribution in [3.63, 3.8) is 0 Å². The summed E-state index contributed by atoms with van der Waals surface area (Å²) in [4.78, 5) is 13.8. The van der Waals surface area contributed by atoms with E-state index in [4.69, 9.17) is 15.8 Å². The molecule has 1 aliphatic heterocycles. The lowest BCUT2D eigenvalue weighted by molar-refractivity contribution is -0.144. The second-order valence-electron chi connectivity index (χ2n) is 8.06. The number of hydrogen-bond acceptors (Lipinski definition) is 6. The van der Waals surface area contributed by atoms with Crippen LogP contribution in [0.4, 0.5) is 5.69 Å². The topological polar surface area (TPSA) is 119 Å². The molecule has 0 bridgehead atoms. The van der Waals surface area contributed by atoms with E-state index >= 15 is 0 Å². The Morgan fingerprint density at radius 1 is 1.13 bits per heavy atom. The summed E-state index contributed by atoms with van der Waals surface area (Å²) < 4.78 is 0. The quantitative estimate of drug-likeness (QED) is 0.378. The summed E-state index contributed by atoms with van der Waals surface area (Å²) in [6, 6.07) is 18.4. The Morgan fingerprint density at radius 2 is 1.80 bits per heavy atom. The monoisotopic (exact) mass is 411 g/mol. The fourth-order valence-electron chi connectivity index (χ4n) is 4.12. The number of nitrogens with two attached hydrogens (primary N) is 1. The summed E-state index contributed by atoms with van der Waals surface area (Å²) in [5.41, 5.74) is 8.27. The van der Waals surface area contributed by atoms with Gasteiger partial charge in [-0.3, -0.25) is 9.69 Å². The Balaban J connectivity index is 1.50. The van der Waals surface area contributed by atoms with Crippen molar-refractivity contribution in [1.29, 1.82) is 0 Å². The van der Waals surface area contributed by atoms with Crippen molar-refractivity contribution in [2.45, 2.75) is 24.7 Å². The minimum Gasteiger partial charge on any atom is -0.480 e. The van der Waals surface area contributed by atoms with Crippen molar-refractivity contribution in [2.75, 3.05) is 31.5 Å². The SMILES string of the molecule is N[C@]1(C(=O)O)CN(CCNc2ccc(-c3ccccc3)cc2)C[C@@H]1CCCB(O)O. The molecule has 0 aliphatic carbocycles. The van der Waals surface area contributed by atoms with Gasteiger partial charge in [-0.05, 0) is 36.0 Å². The molecule has 2 aromatic rings. The number of nitrogens with one attached hydrogen (secondary N) is 1. The van der Waals surface area contributed by atoms with Gasteiger partial charge >= 0.3 is 13.1 Å². The Morgan fingerprint density at radius 3 is 2.43 bits per heavy atom. The summed E-state index contributed by atoms with van der Waals surface area (Å²) in [6.07, 6.45) is 1.33. The first-order valence-corrected chi connectivity index (χ1v) is 10.4. The molecule has 2 aromatic carbocycles. The average Bonchev–Trinajstić information content (AvgIpc) is 3.06. The third kappa shape index (κ3) is 5.61. The molecule has 160 valence electrons. The van der Waals surface area contributed by atoms with Crippen molar-refractivity contribution in [3.05, 3.63) is 54.6 Å². The van der Waals surface area contributed by atoms with E-state index in [0.717, 1.165) is 11.3 Å². The minimum atomic E-state index is -1.36. The third-order valence-electron chi connectivity index (χ3n) is 5.85. The number of hydrogen-bond donors (Lipinski definition) is 5. The smallest absolute Gasteiger partial charge is 0.451 e. The van der Waals surface area contributed by atoms with Crippen molar-refractivity contribution >= 4 is 18.8 Å². The molecule has 3 rings (SSSR count). The second kappa shape index (κ2) is 10.1. The van der Waals surface area contributed by atoms with Gasteiger partial charge in [0.05, 0.1) is 0 Å². The molecule has 0 saturated carbocycles. The van der Waals surface area contributed by atoms with Gasteiger partial charge in [0.15, 0.2) is 0 Å². The zero-order valence-electron chi connectivity index (χ0n) is 17.1. The number of carbonyl (C=O) groups is 1. The van der Waals surface area contributed by atoms with Crippen molar-refractivity contribution in [1.82, 2.24) is 4.90 Å². The molecule has 2 atom stereocenters. The molecule has 0 amide bonds. The van der Waals surface area contributed by atoms with E-state index in [9.17, 15) is 9.90 Å². The predicted octanol–water partition coefficient (Wildman–Crippen LogP) is 1.73. The highest BCUT2D eigenvalue weighted by Crippen LogP contribution is 2.30. The van der Waals surface area contributed by atoms with Gasteiger partial charge in [0.25, 0.3) is 0 Å². The van der Waals surface area contributed by atoms with Crippen LogP contribution in [0.3, 0.4) is 0 Å². The first-order chi connectivity index (χ1) is 14.4. The molecular formula is C22H30BN3O4. The van der Waals surface area contributed by atoms with Crippen LogP contribution in [0.5, 0.6) is 0 Å². The number of likely N-dealkylation sites (tertiary alicyclic amines) is 1. The van der Waals surface area contributed by atoms with Crippen LogP contribution in [-0.4, -0.2) is 64.9 Å². The Bertz CT molecular complexity index is 819. The van der Waals surface area contributed by atoms with Crippen LogP contribution >= 0.6 is 0 Å². The minimum absolute atomic E-state index is 0.209. The van der Waals surface area contributed by atoms with Crippen LogP contribution in [0.2, 0.25) is 6.32 Å². The molecule has 1 fully saturated rings. The molecule has 30 heavy (non-hydrogen) atoms. The summed E-state index contributed by atoms with van der Waals surface area (Å²) in [5.74, 6) is -1.21. The van der Waals surface area contributed by atoms with Gasteiger partial charge < -0.3 is 26.2 Å². The molecule has 1 saturated heterocycles. The summed E-state index contributed by atoms with van der Waals surface area (Å²) in [5, 5.41) is 31.0. The highest BCUT2D eigenvalue weighted by atomic mass is 16.4. The van der Waals surface area contributed by atoms with E-state index < -0.39 is 18.6 Å². The zero-order chi connectivity index (χ0) is 21.6.